The maximum Gasteiger partial charge on any atom is 0.326 e. The molecule has 0 aromatic rings. The largest absolute Gasteiger partial charge is 0.459 e. The highest BCUT2D eigenvalue weighted by atomic mass is 16.6. The lowest BCUT2D eigenvalue weighted by Gasteiger charge is -2.58. The molecule has 0 unspecified atom stereocenters. The fourth-order valence-electron chi connectivity index (χ4n) is 9.02. The first-order chi connectivity index (χ1) is 16.7. The van der Waals surface area contributed by atoms with Crippen LogP contribution < -0.4 is 0 Å². The molecule has 1 N–H and O–H groups in total. The molecule has 3 fully saturated rings. The van der Waals surface area contributed by atoms with Crippen LogP contribution in [0.5, 0.6) is 0 Å². The second-order valence-electron chi connectivity index (χ2n) is 14.2. The third-order valence-corrected chi connectivity index (χ3v) is 10.9. The van der Waals surface area contributed by atoms with Gasteiger partial charge >= 0.3 is 5.97 Å². The Labute approximate surface area is 219 Å². The van der Waals surface area contributed by atoms with Crippen molar-refractivity contribution in [3.05, 3.63) is 11.6 Å². The molecule has 1 amide bonds. The number of aliphatic hydroxyl groups is 1. The zero-order chi connectivity index (χ0) is 26.5. The number of carbonyl (C=O) groups is 2. The Morgan fingerprint density at radius 2 is 1.86 bits per heavy atom. The molecule has 36 heavy (non-hydrogen) atoms. The van der Waals surface area contributed by atoms with Gasteiger partial charge in [-0.25, -0.2) is 0 Å². The highest BCUT2D eigenvalue weighted by Gasteiger charge is 2.59. The number of likely N-dealkylation sites (N-methyl/N-ethyl adjacent to an activating group) is 1. The van der Waals surface area contributed by atoms with Gasteiger partial charge in [-0.2, -0.15) is 0 Å². The number of hydrogen-bond donors (Lipinski definition) is 1. The molecule has 4 rings (SSSR count). The van der Waals surface area contributed by atoms with Gasteiger partial charge in [-0.1, -0.05) is 32.4 Å². The lowest BCUT2D eigenvalue weighted by atomic mass is 9.47. The van der Waals surface area contributed by atoms with Crippen LogP contribution in [0.15, 0.2) is 11.6 Å². The Balaban J connectivity index is 1.35. The highest BCUT2D eigenvalue weighted by Crippen LogP contribution is 2.67. The summed E-state index contributed by atoms with van der Waals surface area (Å²) in [5.41, 5.74) is 1.66. The molecule has 8 atom stereocenters. The van der Waals surface area contributed by atoms with E-state index in [4.69, 9.17) is 4.74 Å². The van der Waals surface area contributed by atoms with Gasteiger partial charge in [-0.05, 0) is 119 Å². The van der Waals surface area contributed by atoms with Crippen LogP contribution in [0.1, 0.15) is 106 Å². The van der Waals surface area contributed by atoms with Gasteiger partial charge in [-0.15, -0.1) is 0 Å². The number of fused-ring (bicyclic) bond motifs is 5. The van der Waals surface area contributed by atoms with Crippen LogP contribution in [0.25, 0.3) is 0 Å². The standard InChI is InChI=1S/C31H51NO4/c1-20(8-13-27(34)32(7)19-28(35)36-29(2,3)4)24-11-12-25-23-10-9-21-18-22(33)14-16-30(21,5)26(23)15-17-31(24,25)6/h9,20,22-26,33H,8,10-19H2,1-7H3/t20-,22+,23+,24-,25+,26+,30+,31-/m1/s1. The molecular weight excluding hydrogens is 450 g/mol. The lowest BCUT2D eigenvalue weighted by Crippen LogP contribution is -2.50. The molecule has 5 nitrogen and oxygen atoms in total. The molecule has 0 aromatic heterocycles. The topological polar surface area (TPSA) is 66.8 Å². The van der Waals surface area contributed by atoms with Crippen molar-refractivity contribution in [3.63, 3.8) is 0 Å². The number of aliphatic hydroxyl groups excluding tert-OH is 1. The Morgan fingerprint density at radius 3 is 2.56 bits per heavy atom. The summed E-state index contributed by atoms with van der Waals surface area (Å²) < 4.78 is 5.38. The van der Waals surface area contributed by atoms with E-state index in [2.05, 4.69) is 26.8 Å². The quantitative estimate of drug-likeness (QED) is 0.350. The van der Waals surface area contributed by atoms with Crippen molar-refractivity contribution >= 4 is 11.9 Å². The molecule has 0 aliphatic heterocycles. The summed E-state index contributed by atoms with van der Waals surface area (Å²) in [7, 11) is 1.71. The van der Waals surface area contributed by atoms with Crippen molar-refractivity contribution in [2.24, 2.45) is 40.4 Å². The van der Waals surface area contributed by atoms with E-state index in [-0.39, 0.29) is 24.5 Å². The number of allylic oxidation sites excluding steroid dienone is 1. The zero-order valence-corrected chi connectivity index (χ0v) is 23.9. The van der Waals surface area contributed by atoms with Gasteiger partial charge in [0.15, 0.2) is 0 Å². The highest BCUT2D eigenvalue weighted by molar-refractivity contribution is 5.81. The summed E-state index contributed by atoms with van der Waals surface area (Å²) >= 11 is 0. The van der Waals surface area contributed by atoms with Crippen molar-refractivity contribution < 1.29 is 19.4 Å². The van der Waals surface area contributed by atoms with Gasteiger partial charge in [0.2, 0.25) is 5.91 Å². The monoisotopic (exact) mass is 501 g/mol. The molecule has 5 heteroatoms. The van der Waals surface area contributed by atoms with Crippen LogP contribution >= 0.6 is 0 Å². The van der Waals surface area contributed by atoms with E-state index >= 15 is 0 Å². The predicted octanol–water partition coefficient (Wildman–Crippen LogP) is 6.14. The average Bonchev–Trinajstić information content (AvgIpc) is 3.13. The van der Waals surface area contributed by atoms with Crippen LogP contribution in [0.4, 0.5) is 0 Å². The molecule has 0 aromatic carbocycles. The molecule has 0 spiro atoms. The van der Waals surface area contributed by atoms with Gasteiger partial charge in [0.05, 0.1) is 6.10 Å². The zero-order valence-electron chi connectivity index (χ0n) is 23.9. The predicted molar refractivity (Wildman–Crippen MR) is 143 cm³/mol. The summed E-state index contributed by atoms with van der Waals surface area (Å²) in [5.74, 6) is 3.17. The minimum Gasteiger partial charge on any atom is -0.459 e. The van der Waals surface area contributed by atoms with Gasteiger partial charge in [0.1, 0.15) is 12.1 Å². The van der Waals surface area contributed by atoms with Gasteiger partial charge in [-0.3, -0.25) is 9.59 Å². The normalized spacial score (nSPS) is 38.8. The first kappa shape index (κ1) is 27.7. The summed E-state index contributed by atoms with van der Waals surface area (Å²) in [4.78, 5) is 26.5. The van der Waals surface area contributed by atoms with Crippen LogP contribution in [-0.4, -0.2) is 47.2 Å². The molecule has 4 aliphatic rings. The van der Waals surface area contributed by atoms with Gasteiger partial charge < -0.3 is 14.7 Å². The summed E-state index contributed by atoms with van der Waals surface area (Å²) in [6.07, 6.45) is 13.1. The number of ether oxygens (including phenoxy) is 1. The maximum atomic E-state index is 12.8. The summed E-state index contributed by atoms with van der Waals surface area (Å²) in [6.45, 7) is 13.0. The van der Waals surface area contributed by atoms with Crippen LogP contribution in [-0.2, 0) is 14.3 Å². The van der Waals surface area contributed by atoms with E-state index in [1.165, 1.54) is 37.0 Å². The van der Waals surface area contributed by atoms with Crippen LogP contribution in [0.3, 0.4) is 0 Å². The molecule has 3 saturated carbocycles. The number of rotatable bonds is 6. The smallest absolute Gasteiger partial charge is 0.326 e. The molecule has 0 bridgehead atoms. The third kappa shape index (κ3) is 5.28. The summed E-state index contributed by atoms with van der Waals surface area (Å²) in [5, 5.41) is 10.3. The van der Waals surface area contributed by atoms with E-state index < -0.39 is 5.60 Å². The van der Waals surface area contributed by atoms with Crippen molar-refractivity contribution in [1.29, 1.82) is 0 Å². The first-order valence-electron chi connectivity index (χ1n) is 14.6. The van der Waals surface area contributed by atoms with E-state index in [0.717, 1.165) is 43.4 Å². The van der Waals surface area contributed by atoms with Crippen molar-refractivity contribution in [2.45, 2.75) is 117 Å². The maximum absolute atomic E-state index is 12.8. The minimum atomic E-state index is -0.533. The van der Waals surface area contributed by atoms with E-state index in [9.17, 15) is 14.7 Å². The minimum absolute atomic E-state index is 0.0159. The number of amides is 1. The van der Waals surface area contributed by atoms with E-state index in [0.29, 0.717) is 29.1 Å². The second kappa shape index (κ2) is 10.1. The Hall–Kier alpha value is -1.36. The Kier molecular flexibility index (Phi) is 7.74. The fraction of sp³-hybridized carbons (Fsp3) is 0.871. The van der Waals surface area contributed by atoms with Crippen LogP contribution in [0, 0.1) is 40.4 Å². The number of hydrogen-bond acceptors (Lipinski definition) is 4. The molecule has 0 radical (unpaired) electrons. The molecule has 4 aliphatic carbocycles. The second-order valence-corrected chi connectivity index (χ2v) is 14.2. The number of carbonyl (C=O) groups excluding carboxylic acids is 2. The Morgan fingerprint density at radius 1 is 1.14 bits per heavy atom. The number of esters is 1. The molecule has 0 heterocycles. The lowest BCUT2D eigenvalue weighted by molar-refractivity contribution is -0.158. The SMILES string of the molecule is C[C@H](CCC(=O)N(C)CC(=O)OC(C)(C)C)[C@H]1CC[C@H]2[C@@H]3CC=C4C[C@@H](O)CC[C@]4(C)[C@H]3CC[C@]12C. The van der Waals surface area contributed by atoms with Gasteiger partial charge in [0.25, 0.3) is 0 Å². The van der Waals surface area contributed by atoms with Crippen molar-refractivity contribution in [3.8, 4) is 0 Å². The average molecular weight is 502 g/mol. The summed E-state index contributed by atoms with van der Waals surface area (Å²) in [6, 6.07) is 0. The van der Waals surface area contributed by atoms with E-state index in [1.54, 1.807) is 12.6 Å². The number of nitrogens with zero attached hydrogens (tertiary/aromatic N) is 1. The third-order valence-electron chi connectivity index (χ3n) is 10.9. The van der Waals surface area contributed by atoms with Gasteiger partial charge in [0, 0.05) is 13.5 Å². The van der Waals surface area contributed by atoms with E-state index in [1.807, 2.05) is 20.8 Å². The molecule has 0 saturated heterocycles. The van der Waals surface area contributed by atoms with Crippen molar-refractivity contribution in [1.82, 2.24) is 4.90 Å². The molecule has 204 valence electrons. The Bertz CT molecular complexity index is 874. The molecular formula is C31H51NO4. The van der Waals surface area contributed by atoms with Crippen molar-refractivity contribution in [2.75, 3.05) is 13.6 Å². The first-order valence-corrected chi connectivity index (χ1v) is 14.6. The fourth-order valence-corrected chi connectivity index (χ4v) is 9.02. The van der Waals surface area contributed by atoms with Crippen LogP contribution in [0.2, 0.25) is 0 Å².